The fraction of sp³-hybridized carbons (Fsp3) is 0.0769. The van der Waals surface area contributed by atoms with Crippen molar-refractivity contribution >= 4 is 43.2 Å². The van der Waals surface area contributed by atoms with Crippen LogP contribution >= 0.6 is 27.5 Å². The van der Waals surface area contributed by atoms with Crippen LogP contribution < -0.4 is 4.72 Å². The van der Waals surface area contributed by atoms with Crippen LogP contribution in [-0.2, 0) is 10.0 Å². The van der Waals surface area contributed by atoms with Gasteiger partial charge in [0.2, 0.25) is 0 Å². The summed E-state index contributed by atoms with van der Waals surface area (Å²) in [6.45, 7) is 1.70. The summed E-state index contributed by atoms with van der Waals surface area (Å²) in [6, 6.07) is 8.49. The highest BCUT2D eigenvalue weighted by Crippen LogP contribution is 2.26. The molecule has 0 aliphatic heterocycles. The number of rotatable bonds is 3. The Morgan fingerprint density at radius 3 is 2.60 bits per heavy atom. The first-order valence-corrected chi connectivity index (χ1v) is 8.19. The molecule has 7 heteroatoms. The summed E-state index contributed by atoms with van der Waals surface area (Å²) in [7, 11) is -3.86. The van der Waals surface area contributed by atoms with E-state index in [0.717, 1.165) is 6.07 Å². The van der Waals surface area contributed by atoms with Crippen LogP contribution in [0.4, 0.5) is 10.1 Å². The summed E-state index contributed by atoms with van der Waals surface area (Å²) in [5.41, 5.74) is 0.969. The first kappa shape index (κ1) is 15.3. The second kappa shape index (κ2) is 5.71. The van der Waals surface area contributed by atoms with E-state index in [1.54, 1.807) is 25.1 Å². The summed E-state index contributed by atoms with van der Waals surface area (Å²) < 4.78 is 40.4. The van der Waals surface area contributed by atoms with Crippen molar-refractivity contribution in [1.29, 1.82) is 0 Å². The third-order valence-electron chi connectivity index (χ3n) is 2.71. The van der Waals surface area contributed by atoms with E-state index in [0.29, 0.717) is 16.3 Å². The van der Waals surface area contributed by atoms with Crippen molar-refractivity contribution in [1.82, 2.24) is 0 Å². The van der Waals surface area contributed by atoms with Gasteiger partial charge in [-0.1, -0.05) is 17.7 Å². The van der Waals surface area contributed by atoms with E-state index >= 15 is 0 Å². The summed E-state index contributed by atoms with van der Waals surface area (Å²) in [6.07, 6.45) is 0. The second-order valence-corrected chi connectivity index (χ2v) is 7.04. The van der Waals surface area contributed by atoms with Crippen molar-refractivity contribution < 1.29 is 12.8 Å². The minimum Gasteiger partial charge on any atom is -0.279 e. The van der Waals surface area contributed by atoms with Crippen molar-refractivity contribution in [2.24, 2.45) is 0 Å². The van der Waals surface area contributed by atoms with Crippen LogP contribution in [0.5, 0.6) is 0 Å². The highest BCUT2D eigenvalue weighted by Gasteiger charge is 2.17. The molecule has 2 rings (SSSR count). The van der Waals surface area contributed by atoms with E-state index in [1.165, 1.54) is 12.1 Å². The Kier molecular flexibility index (Phi) is 4.36. The van der Waals surface area contributed by atoms with Gasteiger partial charge < -0.3 is 0 Å². The van der Waals surface area contributed by atoms with E-state index < -0.39 is 15.8 Å². The lowest BCUT2D eigenvalue weighted by Gasteiger charge is -2.11. The summed E-state index contributed by atoms with van der Waals surface area (Å²) in [5, 5.41) is 0.451. The van der Waals surface area contributed by atoms with Crippen LogP contribution in [0.25, 0.3) is 0 Å². The molecule has 2 aromatic rings. The zero-order valence-corrected chi connectivity index (χ0v) is 13.5. The fourth-order valence-corrected chi connectivity index (χ4v) is 3.12. The number of sulfonamides is 1. The van der Waals surface area contributed by atoms with Gasteiger partial charge in [0.05, 0.1) is 15.1 Å². The molecular formula is C13H10BrClFNO2S. The van der Waals surface area contributed by atoms with Gasteiger partial charge >= 0.3 is 0 Å². The molecule has 0 aliphatic rings. The number of hydrogen-bond donors (Lipinski definition) is 1. The molecule has 0 fully saturated rings. The molecule has 0 saturated heterocycles. The molecule has 0 spiro atoms. The lowest BCUT2D eigenvalue weighted by molar-refractivity contribution is 0.593. The fourth-order valence-electron chi connectivity index (χ4n) is 1.57. The Labute approximate surface area is 130 Å². The zero-order chi connectivity index (χ0) is 14.9. The lowest BCUT2D eigenvalue weighted by Crippen LogP contribution is -2.14. The van der Waals surface area contributed by atoms with Gasteiger partial charge in [0.1, 0.15) is 5.82 Å². The molecule has 3 nitrogen and oxygen atoms in total. The Morgan fingerprint density at radius 1 is 1.25 bits per heavy atom. The van der Waals surface area contributed by atoms with Crippen molar-refractivity contribution in [2.45, 2.75) is 11.8 Å². The number of halogens is 3. The average Bonchev–Trinajstić information content (AvgIpc) is 2.38. The maximum absolute atomic E-state index is 13.4. The van der Waals surface area contributed by atoms with Crippen LogP contribution in [0.15, 0.2) is 45.8 Å². The van der Waals surface area contributed by atoms with Gasteiger partial charge in [0.15, 0.2) is 0 Å². The van der Waals surface area contributed by atoms with Crippen LogP contribution in [0.1, 0.15) is 5.56 Å². The van der Waals surface area contributed by atoms with Gasteiger partial charge in [-0.25, -0.2) is 12.8 Å². The van der Waals surface area contributed by atoms with Crippen LogP contribution in [0.2, 0.25) is 5.02 Å². The van der Waals surface area contributed by atoms with Gasteiger partial charge in [-0.3, -0.25) is 4.72 Å². The molecule has 0 heterocycles. The molecule has 0 radical (unpaired) electrons. The zero-order valence-electron chi connectivity index (χ0n) is 10.3. The molecule has 0 atom stereocenters. The maximum Gasteiger partial charge on any atom is 0.262 e. The van der Waals surface area contributed by atoms with Gasteiger partial charge in [-0.05, 0) is 58.7 Å². The van der Waals surface area contributed by atoms with Crippen LogP contribution in [-0.4, -0.2) is 8.42 Å². The molecule has 0 unspecified atom stereocenters. The second-order valence-electron chi connectivity index (χ2n) is 4.09. The van der Waals surface area contributed by atoms with Crippen molar-refractivity contribution in [3.8, 4) is 0 Å². The van der Waals surface area contributed by atoms with E-state index in [2.05, 4.69) is 20.7 Å². The molecule has 106 valence electrons. The molecular weight excluding hydrogens is 369 g/mol. The normalized spacial score (nSPS) is 11.4. The number of benzene rings is 2. The first-order valence-electron chi connectivity index (χ1n) is 5.54. The standard InChI is InChI=1S/C13H10BrClFNO2S/c1-8-11(15)3-2-4-13(8)17-20(18,19)9-5-6-10(14)12(16)7-9/h2-7,17H,1H3. The average molecular weight is 379 g/mol. The Hall–Kier alpha value is -1.11. The summed E-state index contributed by atoms with van der Waals surface area (Å²) >= 11 is 8.91. The number of anilines is 1. The smallest absolute Gasteiger partial charge is 0.262 e. The molecule has 0 saturated carbocycles. The number of nitrogens with one attached hydrogen (secondary N) is 1. The van der Waals surface area contributed by atoms with Crippen molar-refractivity contribution in [3.63, 3.8) is 0 Å². The minimum atomic E-state index is -3.86. The van der Waals surface area contributed by atoms with Gasteiger partial charge in [-0.15, -0.1) is 0 Å². The Morgan fingerprint density at radius 2 is 1.95 bits per heavy atom. The van der Waals surface area contributed by atoms with Gasteiger partial charge in [-0.2, -0.15) is 0 Å². The lowest BCUT2D eigenvalue weighted by atomic mass is 10.2. The Bertz CT molecular complexity index is 765. The summed E-state index contributed by atoms with van der Waals surface area (Å²) in [5.74, 6) is -0.643. The quantitative estimate of drug-likeness (QED) is 0.863. The van der Waals surface area contributed by atoms with E-state index in [9.17, 15) is 12.8 Å². The van der Waals surface area contributed by atoms with Crippen LogP contribution in [0, 0.1) is 12.7 Å². The minimum absolute atomic E-state index is 0.155. The Balaban J connectivity index is 2.41. The van der Waals surface area contributed by atoms with Crippen LogP contribution in [0.3, 0.4) is 0 Å². The third kappa shape index (κ3) is 3.13. The van der Waals surface area contributed by atoms with Crippen molar-refractivity contribution in [2.75, 3.05) is 4.72 Å². The SMILES string of the molecule is Cc1c(Cl)cccc1NS(=O)(=O)c1ccc(Br)c(F)c1. The monoisotopic (exact) mass is 377 g/mol. The van der Waals surface area contributed by atoms with Gasteiger partial charge in [0, 0.05) is 5.02 Å². The molecule has 2 aromatic carbocycles. The highest BCUT2D eigenvalue weighted by molar-refractivity contribution is 9.10. The van der Waals surface area contributed by atoms with E-state index in [1.807, 2.05) is 0 Å². The van der Waals surface area contributed by atoms with E-state index in [-0.39, 0.29) is 9.37 Å². The molecule has 0 aromatic heterocycles. The van der Waals surface area contributed by atoms with Gasteiger partial charge in [0.25, 0.3) is 10.0 Å². The molecule has 0 aliphatic carbocycles. The molecule has 20 heavy (non-hydrogen) atoms. The topological polar surface area (TPSA) is 46.2 Å². The third-order valence-corrected chi connectivity index (χ3v) is 5.13. The first-order chi connectivity index (χ1) is 9.31. The highest BCUT2D eigenvalue weighted by atomic mass is 79.9. The predicted octanol–water partition coefficient (Wildman–Crippen LogP) is 4.35. The maximum atomic E-state index is 13.4. The molecule has 1 N–H and O–H groups in total. The number of hydrogen-bond acceptors (Lipinski definition) is 2. The summed E-state index contributed by atoms with van der Waals surface area (Å²) in [4.78, 5) is -0.155. The predicted molar refractivity (Wildman–Crippen MR) is 81.1 cm³/mol. The van der Waals surface area contributed by atoms with Crippen molar-refractivity contribution in [3.05, 3.63) is 57.3 Å². The molecule has 0 amide bonds. The largest absolute Gasteiger partial charge is 0.279 e. The van der Waals surface area contributed by atoms with E-state index in [4.69, 9.17) is 11.6 Å². The molecule has 0 bridgehead atoms.